The van der Waals surface area contributed by atoms with Crippen molar-refractivity contribution >= 4 is 26.2 Å². The number of rotatable bonds is 2. The van der Waals surface area contributed by atoms with E-state index in [1.807, 2.05) is 24.3 Å². The van der Waals surface area contributed by atoms with Crippen LogP contribution >= 0.6 is 15.9 Å². The van der Waals surface area contributed by atoms with E-state index in [2.05, 4.69) is 15.9 Å². The van der Waals surface area contributed by atoms with Crippen LogP contribution in [0.3, 0.4) is 0 Å². The van der Waals surface area contributed by atoms with Crippen LogP contribution in [0.5, 0.6) is 0 Å². The Morgan fingerprint density at radius 3 is 2.64 bits per heavy atom. The normalized spacial score (nSPS) is 26.1. The molecule has 0 saturated heterocycles. The second kappa shape index (κ2) is 3.31. The molecule has 0 radical (unpaired) electrons. The molecule has 0 bridgehead atoms. The summed E-state index contributed by atoms with van der Waals surface area (Å²) >= 11 is 3.29. The van der Waals surface area contributed by atoms with E-state index >= 15 is 0 Å². The van der Waals surface area contributed by atoms with Gasteiger partial charge in [0.1, 0.15) is 0 Å². The SMILES string of the molecule is O=S(=O)(F)[C@@H]1C[C@H]1c1cccc(Br)c1. The van der Waals surface area contributed by atoms with Crippen LogP contribution in [0.2, 0.25) is 0 Å². The molecule has 0 heterocycles. The summed E-state index contributed by atoms with van der Waals surface area (Å²) in [5.41, 5.74) is 0.880. The minimum absolute atomic E-state index is 0.164. The van der Waals surface area contributed by atoms with Gasteiger partial charge < -0.3 is 0 Å². The molecule has 5 heteroatoms. The summed E-state index contributed by atoms with van der Waals surface area (Å²) in [6, 6.07) is 7.32. The molecule has 1 aliphatic carbocycles. The molecular weight excluding hydrogens is 271 g/mol. The molecule has 1 saturated carbocycles. The lowest BCUT2D eigenvalue weighted by Gasteiger charge is -1.98. The first-order valence-corrected chi connectivity index (χ1v) is 6.41. The molecule has 0 aromatic heterocycles. The van der Waals surface area contributed by atoms with E-state index in [0.717, 1.165) is 10.0 Å². The zero-order chi connectivity index (χ0) is 10.3. The smallest absolute Gasteiger partial charge is 0.195 e. The maximum Gasteiger partial charge on any atom is 0.305 e. The average molecular weight is 279 g/mol. The number of hydrogen-bond donors (Lipinski definition) is 0. The quantitative estimate of drug-likeness (QED) is 0.780. The lowest BCUT2D eigenvalue weighted by atomic mass is 10.1. The van der Waals surface area contributed by atoms with Gasteiger partial charge in [0.15, 0.2) is 0 Å². The first kappa shape index (κ1) is 10.1. The highest BCUT2D eigenvalue weighted by Gasteiger charge is 2.48. The summed E-state index contributed by atoms with van der Waals surface area (Å²) in [6.07, 6.45) is 0.398. The van der Waals surface area contributed by atoms with Crippen LogP contribution in [-0.2, 0) is 10.2 Å². The van der Waals surface area contributed by atoms with Crippen molar-refractivity contribution in [2.45, 2.75) is 17.6 Å². The number of hydrogen-bond acceptors (Lipinski definition) is 2. The first-order valence-electron chi connectivity index (χ1n) is 4.17. The molecule has 0 unspecified atom stereocenters. The molecule has 0 N–H and O–H groups in total. The maximum absolute atomic E-state index is 12.6. The maximum atomic E-state index is 12.6. The molecule has 0 aliphatic heterocycles. The van der Waals surface area contributed by atoms with Crippen molar-refractivity contribution in [2.24, 2.45) is 0 Å². The van der Waals surface area contributed by atoms with Crippen LogP contribution in [-0.4, -0.2) is 13.7 Å². The van der Waals surface area contributed by atoms with Crippen molar-refractivity contribution in [3.63, 3.8) is 0 Å². The highest BCUT2D eigenvalue weighted by atomic mass is 79.9. The van der Waals surface area contributed by atoms with Crippen LogP contribution in [0.4, 0.5) is 3.89 Å². The molecule has 2 rings (SSSR count). The topological polar surface area (TPSA) is 34.1 Å². The van der Waals surface area contributed by atoms with Crippen molar-refractivity contribution in [1.82, 2.24) is 0 Å². The average Bonchev–Trinajstić information content (AvgIpc) is 2.81. The Balaban J connectivity index is 2.22. The number of halogens is 2. The lowest BCUT2D eigenvalue weighted by molar-refractivity contribution is 0.549. The third kappa shape index (κ3) is 1.98. The van der Waals surface area contributed by atoms with Gasteiger partial charge in [-0.15, -0.1) is 3.89 Å². The van der Waals surface area contributed by atoms with E-state index in [-0.39, 0.29) is 5.92 Å². The minimum Gasteiger partial charge on any atom is -0.195 e. The van der Waals surface area contributed by atoms with E-state index in [9.17, 15) is 12.3 Å². The van der Waals surface area contributed by atoms with Crippen molar-refractivity contribution < 1.29 is 12.3 Å². The summed E-state index contributed by atoms with van der Waals surface area (Å²) in [7, 11) is -4.36. The Morgan fingerprint density at radius 1 is 1.43 bits per heavy atom. The van der Waals surface area contributed by atoms with Gasteiger partial charge in [-0.2, -0.15) is 8.42 Å². The summed E-state index contributed by atoms with van der Waals surface area (Å²) < 4.78 is 34.6. The van der Waals surface area contributed by atoms with Gasteiger partial charge in [-0.05, 0) is 24.1 Å². The van der Waals surface area contributed by atoms with Crippen molar-refractivity contribution in [3.8, 4) is 0 Å². The second-order valence-electron chi connectivity index (χ2n) is 3.41. The molecule has 1 aromatic carbocycles. The molecule has 1 fully saturated rings. The lowest BCUT2D eigenvalue weighted by Crippen LogP contribution is -2.00. The predicted octanol–water partition coefficient (Wildman–Crippen LogP) is 2.60. The van der Waals surface area contributed by atoms with Gasteiger partial charge in [0.25, 0.3) is 0 Å². The fourth-order valence-electron chi connectivity index (χ4n) is 1.57. The molecule has 76 valence electrons. The predicted molar refractivity (Wildman–Crippen MR) is 55.3 cm³/mol. The zero-order valence-corrected chi connectivity index (χ0v) is 9.55. The van der Waals surface area contributed by atoms with Crippen LogP contribution in [0, 0.1) is 0 Å². The van der Waals surface area contributed by atoms with Crippen LogP contribution in [0.25, 0.3) is 0 Å². The van der Waals surface area contributed by atoms with Gasteiger partial charge in [-0.25, -0.2) is 0 Å². The Labute approximate surface area is 90.5 Å². The standard InChI is InChI=1S/C9H8BrFO2S/c10-7-3-1-2-6(4-7)8-5-9(8)14(11,12)13/h1-4,8-9H,5H2/t8-,9+/m0/s1. The van der Waals surface area contributed by atoms with E-state index in [1.54, 1.807) is 0 Å². The molecule has 0 spiro atoms. The van der Waals surface area contributed by atoms with E-state index in [4.69, 9.17) is 0 Å². The van der Waals surface area contributed by atoms with Gasteiger partial charge in [0, 0.05) is 10.4 Å². The highest BCUT2D eigenvalue weighted by molar-refractivity contribution is 9.10. The van der Waals surface area contributed by atoms with Gasteiger partial charge in [0.2, 0.25) is 0 Å². The Morgan fingerprint density at radius 2 is 2.14 bits per heavy atom. The Bertz CT molecular complexity index is 458. The van der Waals surface area contributed by atoms with E-state index < -0.39 is 15.5 Å². The number of benzene rings is 1. The van der Waals surface area contributed by atoms with E-state index in [1.165, 1.54) is 0 Å². The summed E-state index contributed by atoms with van der Waals surface area (Å²) in [4.78, 5) is 0. The molecular formula is C9H8BrFO2S. The Hall–Kier alpha value is -0.420. The van der Waals surface area contributed by atoms with Gasteiger partial charge in [0.05, 0.1) is 5.25 Å². The molecule has 1 aliphatic rings. The van der Waals surface area contributed by atoms with Crippen molar-refractivity contribution in [1.29, 1.82) is 0 Å². The van der Waals surface area contributed by atoms with Crippen molar-refractivity contribution in [2.75, 3.05) is 0 Å². The third-order valence-corrected chi connectivity index (χ3v) is 4.11. The molecule has 14 heavy (non-hydrogen) atoms. The fourth-order valence-corrected chi connectivity index (χ4v) is 2.97. The second-order valence-corrected chi connectivity index (χ2v) is 5.88. The minimum atomic E-state index is -4.36. The van der Waals surface area contributed by atoms with Crippen LogP contribution in [0.1, 0.15) is 17.9 Å². The molecule has 1 aromatic rings. The largest absolute Gasteiger partial charge is 0.305 e. The molecule has 0 amide bonds. The fraction of sp³-hybridized carbons (Fsp3) is 0.333. The van der Waals surface area contributed by atoms with E-state index in [0.29, 0.717) is 6.42 Å². The highest BCUT2D eigenvalue weighted by Crippen LogP contribution is 2.46. The third-order valence-electron chi connectivity index (χ3n) is 2.37. The first-order chi connectivity index (χ1) is 6.48. The van der Waals surface area contributed by atoms with Crippen molar-refractivity contribution in [3.05, 3.63) is 34.3 Å². The van der Waals surface area contributed by atoms with Gasteiger partial charge in [-0.1, -0.05) is 28.1 Å². The molecule has 2 nitrogen and oxygen atoms in total. The van der Waals surface area contributed by atoms with Gasteiger partial charge in [-0.3, -0.25) is 0 Å². The van der Waals surface area contributed by atoms with Crippen LogP contribution < -0.4 is 0 Å². The van der Waals surface area contributed by atoms with Crippen LogP contribution in [0.15, 0.2) is 28.7 Å². The Kier molecular flexibility index (Phi) is 2.39. The summed E-state index contributed by atoms with van der Waals surface area (Å²) in [6.45, 7) is 0. The molecule has 2 atom stereocenters. The summed E-state index contributed by atoms with van der Waals surface area (Å²) in [5.74, 6) is -0.164. The summed E-state index contributed by atoms with van der Waals surface area (Å²) in [5, 5.41) is -0.822. The van der Waals surface area contributed by atoms with Gasteiger partial charge >= 0.3 is 10.2 Å². The zero-order valence-electron chi connectivity index (χ0n) is 7.15. The monoisotopic (exact) mass is 278 g/mol.